The molecule has 1 aliphatic heterocycles. The molecule has 1 heterocycles. The van der Waals surface area contributed by atoms with Crippen LogP contribution in [0, 0.1) is 17.2 Å². The Morgan fingerprint density at radius 3 is 2.94 bits per heavy atom. The van der Waals surface area contributed by atoms with Crippen molar-refractivity contribution < 1.29 is 4.79 Å². The number of carbonyl (C=O) groups excluding carboxylic acids is 1. The van der Waals surface area contributed by atoms with Gasteiger partial charge in [0.1, 0.15) is 0 Å². The van der Waals surface area contributed by atoms with Crippen LogP contribution in [0.1, 0.15) is 6.42 Å². The van der Waals surface area contributed by atoms with Gasteiger partial charge in [0.15, 0.2) is 0 Å². The number of hydrogen-bond acceptors (Lipinski definition) is 2. The zero-order valence-electron chi connectivity index (χ0n) is 8.28. The van der Waals surface area contributed by atoms with Crippen molar-refractivity contribution in [3.63, 3.8) is 0 Å². The summed E-state index contributed by atoms with van der Waals surface area (Å²) in [7, 11) is 0. The highest BCUT2D eigenvalue weighted by Crippen LogP contribution is 2.33. The number of amides is 1. The van der Waals surface area contributed by atoms with Crippen LogP contribution in [-0.2, 0) is 4.79 Å². The average molecular weight is 300 g/mol. The van der Waals surface area contributed by atoms with Gasteiger partial charge in [0.2, 0.25) is 5.91 Å². The van der Waals surface area contributed by atoms with E-state index in [1.54, 1.807) is 23.1 Å². The van der Waals surface area contributed by atoms with Crippen molar-refractivity contribution in [2.75, 3.05) is 11.4 Å². The highest BCUT2D eigenvalue weighted by atomic mass is 79.9. The highest BCUT2D eigenvalue weighted by molar-refractivity contribution is 9.10. The summed E-state index contributed by atoms with van der Waals surface area (Å²) in [6, 6.07) is 7.39. The number of halogens is 2. The molecule has 1 amide bonds. The summed E-state index contributed by atoms with van der Waals surface area (Å²) >= 11 is 9.26. The van der Waals surface area contributed by atoms with E-state index in [9.17, 15) is 4.79 Å². The van der Waals surface area contributed by atoms with Crippen molar-refractivity contribution in [3.05, 3.63) is 27.7 Å². The molecule has 16 heavy (non-hydrogen) atoms. The molecule has 0 aromatic heterocycles. The van der Waals surface area contributed by atoms with Crippen LogP contribution in [-0.4, -0.2) is 12.5 Å². The summed E-state index contributed by atoms with van der Waals surface area (Å²) in [6.07, 6.45) is 0.287. The first-order valence-electron chi connectivity index (χ1n) is 4.77. The topological polar surface area (TPSA) is 44.1 Å². The third-order valence-corrected chi connectivity index (χ3v) is 3.41. The summed E-state index contributed by atoms with van der Waals surface area (Å²) in [5.74, 6) is -0.257. The molecule has 1 aliphatic rings. The number of anilines is 1. The van der Waals surface area contributed by atoms with E-state index in [-0.39, 0.29) is 18.2 Å². The van der Waals surface area contributed by atoms with Gasteiger partial charge in [-0.3, -0.25) is 4.79 Å². The van der Waals surface area contributed by atoms with E-state index in [1.165, 1.54) is 0 Å². The standard InChI is InChI=1S/C11H8BrClN2O/c12-9-2-1-8(13)4-10(9)15-6-7(5-14)3-11(15)16/h1-2,4,7H,3,6H2. The van der Waals surface area contributed by atoms with Crippen LogP contribution in [0.3, 0.4) is 0 Å². The molecular formula is C11H8BrClN2O. The van der Waals surface area contributed by atoms with Crippen molar-refractivity contribution in [2.45, 2.75) is 6.42 Å². The van der Waals surface area contributed by atoms with Gasteiger partial charge in [-0.15, -0.1) is 0 Å². The number of hydrogen-bond donors (Lipinski definition) is 0. The van der Waals surface area contributed by atoms with Gasteiger partial charge in [-0.1, -0.05) is 11.6 Å². The molecule has 5 heteroatoms. The van der Waals surface area contributed by atoms with E-state index in [1.807, 2.05) is 0 Å². The van der Waals surface area contributed by atoms with E-state index >= 15 is 0 Å². The lowest BCUT2D eigenvalue weighted by atomic mass is 10.1. The third kappa shape index (κ3) is 2.06. The first-order valence-corrected chi connectivity index (χ1v) is 5.94. The zero-order chi connectivity index (χ0) is 11.7. The quantitative estimate of drug-likeness (QED) is 0.800. The Balaban J connectivity index is 2.35. The van der Waals surface area contributed by atoms with Crippen LogP contribution in [0.5, 0.6) is 0 Å². The van der Waals surface area contributed by atoms with E-state index in [0.29, 0.717) is 11.6 Å². The Morgan fingerprint density at radius 1 is 1.56 bits per heavy atom. The fourth-order valence-electron chi connectivity index (χ4n) is 1.72. The van der Waals surface area contributed by atoms with Crippen molar-refractivity contribution in [1.82, 2.24) is 0 Å². The molecule has 3 nitrogen and oxygen atoms in total. The summed E-state index contributed by atoms with van der Waals surface area (Å²) in [5, 5.41) is 9.38. The molecule has 0 bridgehead atoms. The van der Waals surface area contributed by atoms with Crippen molar-refractivity contribution in [3.8, 4) is 6.07 Å². The molecule has 1 aromatic rings. The second-order valence-electron chi connectivity index (χ2n) is 3.63. The monoisotopic (exact) mass is 298 g/mol. The Labute approximate surface area is 107 Å². The number of nitriles is 1. The SMILES string of the molecule is N#CC1CC(=O)N(c2cc(Cl)ccc2Br)C1. The molecule has 1 aromatic carbocycles. The molecule has 1 fully saturated rings. The molecule has 1 unspecified atom stereocenters. The van der Waals surface area contributed by atoms with Crippen LogP contribution in [0.4, 0.5) is 5.69 Å². The maximum atomic E-state index is 11.7. The largest absolute Gasteiger partial charge is 0.310 e. The first kappa shape index (κ1) is 11.4. The number of rotatable bonds is 1. The Bertz CT molecular complexity index is 483. The maximum Gasteiger partial charge on any atom is 0.228 e. The van der Waals surface area contributed by atoms with Gasteiger partial charge >= 0.3 is 0 Å². The average Bonchev–Trinajstić information content (AvgIpc) is 2.63. The van der Waals surface area contributed by atoms with Gasteiger partial charge in [-0.05, 0) is 34.1 Å². The van der Waals surface area contributed by atoms with Gasteiger partial charge in [0.05, 0.1) is 17.7 Å². The Morgan fingerprint density at radius 2 is 2.31 bits per heavy atom. The van der Waals surface area contributed by atoms with E-state index in [2.05, 4.69) is 22.0 Å². The van der Waals surface area contributed by atoms with Gasteiger partial charge in [0, 0.05) is 22.5 Å². The summed E-state index contributed by atoms with van der Waals surface area (Å²) in [5.41, 5.74) is 0.732. The van der Waals surface area contributed by atoms with Crippen LogP contribution < -0.4 is 4.90 Å². The molecule has 1 saturated heterocycles. The predicted octanol–water partition coefficient (Wildman–Crippen LogP) is 2.98. The highest BCUT2D eigenvalue weighted by Gasteiger charge is 2.31. The lowest BCUT2D eigenvalue weighted by Crippen LogP contribution is -2.24. The second kappa shape index (κ2) is 4.44. The first-order chi connectivity index (χ1) is 7.61. The van der Waals surface area contributed by atoms with E-state index < -0.39 is 0 Å². The van der Waals surface area contributed by atoms with Crippen molar-refractivity contribution in [2.24, 2.45) is 5.92 Å². The molecule has 0 aliphatic carbocycles. The Hall–Kier alpha value is -1.05. The van der Waals surface area contributed by atoms with Crippen molar-refractivity contribution in [1.29, 1.82) is 5.26 Å². The summed E-state index contributed by atoms with van der Waals surface area (Å²) in [6.45, 7) is 0.439. The minimum atomic E-state index is -0.224. The third-order valence-electron chi connectivity index (χ3n) is 2.51. The van der Waals surface area contributed by atoms with E-state index in [4.69, 9.17) is 16.9 Å². The van der Waals surface area contributed by atoms with Gasteiger partial charge in [-0.25, -0.2) is 0 Å². The molecule has 0 radical (unpaired) electrons. The maximum absolute atomic E-state index is 11.7. The van der Waals surface area contributed by atoms with Crippen LogP contribution in [0.25, 0.3) is 0 Å². The van der Waals surface area contributed by atoms with Gasteiger partial charge in [0.25, 0.3) is 0 Å². The smallest absolute Gasteiger partial charge is 0.228 e. The van der Waals surface area contributed by atoms with Gasteiger partial charge < -0.3 is 4.90 Å². The summed E-state index contributed by atoms with van der Waals surface area (Å²) < 4.78 is 0.809. The normalized spacial score (nSPS) is 19.9. The predicted molar refractivity (Wildman–Crippen MR) is 65.2 cm³/mol. The van der Waals surface area contributed by atoms with Gasteiger partial charge in [-0.2, -0.15) is 5.26 Å². The molecule has 1 atom stereocenters. The van der Waals surface area contributed by atoms with Crippen LogP contribution in [0.2, 0.25) is 5.02 Å². The lowest BCUT2D eigenvalue weighted by molar-refractivity contribution is -0.117. The zero-order valence-corrected chi connectivity index (χ0v) is 10.6. The van der Waals surface area contributed by atoms with Crippen LogP contribution >= 0.6 is 27.5 Å². The number of carbonyl (C=O) groups is 1. The fourth-order valence-corrected chi connectivity index (χ4v) is 2.35. The second-order valence-corrected chi connectivity index (χ2v) is 4.92. The molecule has 0 spiro atoms. The van der Waals surface area contributed by atoms with Crippen LogP contribution in [0.15, 0.2) is 22.7 Å². The number of nitrogens with zero attached hydrogens (tertiary/aromatic N) is 2. The molecule has 2 rings (SSSR count). The lowest BCUT2D eigenvalue weighted by Gasteiger charge is -2.17. The van der Waals surface area contributed by atoms with Crippen molar-refractivity contribution >= 4 is 39.1 Å². The molecule has 82 valence electrons. The Kier molecular flexibility index (Phi) is 3.17. The minimum absolute atomic E-state index is 0.0329. The molecule has 0 N–H and O–H groups in total. The molecular weight excluding hydrogens is 291 g/mol. The number of benzene rings is 1. The summed E-state index contributed by atoms with van der Waals surface area (Å²) in [4.78, 5) is 13.3. The fraction of sp³-hybridized carbons (Fsp3) is 0.273. The molecule has 0 saturated carbocycles. The van der Waals surface area contributed by atoms with E-state index in [0.717, 1.165) is 10.2 Å². The minimum Gasteiger partial charge on any atom is -0.310 e.